The maximum atomic E-state index is 13.6. The Morgan fingerprint density at radius 3 is 2.03 bits per heavy atom. The lowest BCUT2D eigenvalue weighted by atomic mass is 9.75. The standard InChI is InChI=1S/C29H32O8/c1-6-36-28(31)29(19-12-14-20(15-13-19)37-17-18-10-8-7-9-11-18)16-21-22(27(29)30)24(33-3)26(35-5)25(34-4)23(21)32-2/h7-15,27,30H,6,16-17H2,1-5H3. The van der Waals surface area contributed by atoms with Crippen molar-refractivity contribution in [1.29, 1.82) is 0 Å². The summed E-state index contributed by atoms with van der Waals surface area (Å²) in [5, 5.41) is 11.8. The number of hydrogen-bond acceptors (Lipinski definition) is 8. The first-order valence-electron chi connectivity index (χ1n) is 12.0. The van der Waals surface area contributed by atoms with Crippen LogP contribution in [0.3, 0.4) is 0 Å². The maximum absolute atomic E-state index is 13.6. The highest BCUT2D eigenvalue weighted by molar-refractivity contribution is 5.88. The van der Waals surface area contributed by atoms with E-state index in [1.54, 1.807) is 31.2 Å². The van der Waals surface area contributed by atoms with Crippen LogP contribution in [0.1, 0.15) is 35.3 Å². The Kier molecular flexibility index (Phi) is 7.78. The SMILES string of the molecule is CCOC(=O)C1(c2ccc(OCc3ccccc3)cc2)Cc2c(OC)c(OC)c(OC)c(OC)c2C1O. The van der Waals surface area contributed by atoms with Gasteiger partial charge < -0.3 is 33.5 Å². The first kappa shape index (κ1) is 26.2. The number of rotatable bonds is 10. The minimum Gasteiger partial charge on any atom is -0.492 e. The molecule has 3 aromatic rings. The first-order chi connectivity index (χ1) is 18.0. The zero-order valence-corrected chi connectivity index (χ0v) is 21.7. The van der Waals surface area contributed by atoms with Crippen molar-refractivity contribution in [2.45, 2.75) is 31.5 Å². The van der Waals surface area contributed by atoms with E-state index in [9.17, 15) is 9.90 Å². The predicted octanol–water partition coefficient (Wildman–Crippen LogP) is 4.39. The number of ether oxygens (including phenoxy) is 6. The molecule has 196 valence electrons. The molecule has 1 N–H and O–H groups in total. The molecule has 2 unspecified atom stereocenters. The third kappa shape index (κ3) is 4.42. The van der Waals surface area contributed by atoms with Crippen LogP contribution in [0.25, 0.3) is 0 Å². The predicted molar refractivity (Wildman–Crippen MR) is 137 cm³/mol. The van der Waals surface area contributed by atoms with Crippen LogP contribution in [0.15, 0.2) is 54.6 Å². The summed E-state index contributed by atoms with van der Waals surface area (Å²) >= 11 is 0. The number of hydrogen-bond donors (Lipinski definition) is 1. The van der Waals surface area contributed by atoms with Crippen molar-refractivity contribution in [1.82, 2.24) is 0 Å². The van der Waals surface area contributed by atoms with Gasteiger partial charge in [0.1, 0.15) is 23.9 Å². The maximum Gasteiger partial charge on any atom is 0.319 e. The van der Waals surface area contributed by atoms with Crippen molar-refractivity contribution in [3.63, 3.8) is 0 Å². The lowest BCUT2D eigenvalue weighted by Crippen LogP contribution is -2.41. The molecule has 0 aliphatic heterocycles. The zero-order valence-electron chi connectivity index (χ0n) is 21.7. The molecule has 2 atom stereocenters. The van der Waals surface area contributed by atoms with E-state index in [4.69, 9.17) is 28.4 Å². The highest BCUT2D eigenvalue weighted by Gasteiger charge is 2.57. The number of aliphatic hydroxyl groups excluding tert-OH is 1. The monoisotopic (exact) mass is 508 g/mol. The summed E-state index contributed by atoms with van der Waals surface area (Å²) in [4.78, 5) is 13.6. The lowest BCUT2D eigenvalue weighted by Gasteiger charge is -2.31. The molecule has 0 saturated heterocycles. The van der Waals surface area contributed by atoms with Gasteiger partial charge in [-0.2, -0.15) is 0 Å². The molecule has 1 aliphatic rings. The van der Waals surface area contributed by atoms with Gasteiger partial charge in [-0.1, -0.05) is 42.5 Å². The summed E-state index contributed by atoms with van der Waals surface area (Å²) < 4.78 is 33.9. The molecule has 0 heterocycles. The molecule has 37 heavy (non-hydrogen) atoms. The molecule has 0 bridgehead atoms. The largest absolute Gasteiger partial charge is 0.492 e. The molecule has 3 aromatic carbocycles. The Morgan fingerprint density at radius 1 is 0.865 bits per heavy atom. The van der Waals surface area contributed by atoms with E-state index in [2.05, 4.69) is 0 Å². The van der Waals surface area contributed by atoms with Crippen LogP contribution in [0, 0.1) is 0 Å². The van der Waals surface area contributed by atoms with Crippen LogP contribution in [0.5, 0.6) is 28.7 Å². The Hall–Kier alpha value is -3.91. The van der Waals surface area contributed by atoms with Gasteiger partial charge in [-0.15, -0.1) is 0 Å². The minimum atomic E-state index is -1.45. The van der Waals surface area contributed by atoms with Crippen LogP contribution in [-0.4, -0.2) is 46.1 Å². The molecule has 8 heteroatoms. The lowest BCUT2D eigenvalue weighted by molar-refractivity contribution is -0.154. The van der Waals surface area contributed by atoms with Crippen molar-refractivity contribution in [2.24, 2.45) is 0 Å². The Bertz CT molecular complexity index is 1240. The molecular weight excluding hydrogens is 476 g/mol. The van der Waals surface area contributed by atoms with E-state index in [0.717, 1.165) is 5.56 Å². The number of benzene rings is 3. The fourth-order valence-corrected chi connectivity index (χ4v) is 5.01. The summed E-state index contributed by atoms with van der Waals surface area (Å²) in [7, 11) is 5.93. The van der Waals surface area contributed by atoms with Gasteiger partial charge in [0.2, 0.25) is 11.5 Å². The Labute approximate surface area is 216 Å². The van der Waals surface area contributed by atoms with Gasteiger partial charge >= 0.3 is 5.97 Å². The molecule has 0 fully saturated rings. The Balaban J connectivity index is 1.79. The van der Waals surface area contributed by atoms with Gasteiger partial charge in [0.05, 0.1) is 35.0 Å². The minimum absolute atomic E-state index is 0.104. The van der Waals surface area contributed by atoms with Gasteiger partial charge in [-0.3, -0.25) is 4.79 Å². The molecule has 0 spiro atoms. The van der Waals surface area contributed by atoms with Crippen LogP contribution < -0.4 is 23.7 Å². The van der Waals surface area contributed by atoms with E-state index in [-0.39, 0.29) is 24.5 Å². The van der Waals surface area contributed by atoms with Crippen molar-refractivity contribution >= 4 is 5.97 Å². The Morgan fingerprint density at radius 2 is 1.46 bits per heavy atom. The van der Waals surface area contributed by atoms with Crippen LogP contribution >= 0.6 is 0 Å². The number of carbonyl (C=O) groups is 1. The number of methoxy groups -OCH3 is 4. The highest BCUT2D eigenvalue weighted by atomic mass is 16.5. The first-order valence-corrected chi connectivity index (χ1v) is 12.0. The second-order valence-electron chi connectivity index (χ2n) is 8.60. The number of esters is 1. The van der Waals surface area contributed by atoms with Crippen molar-refractivity contribution in [3.05, 3.63) is 76.9 Å². The van der Waals surface area contributed by atoms with E-state index >= 15 is 0 Å². The normalized spacial score (nSPS) is 18.1. The molecule has 0 radical (unpaired) electrons. The average Bonchev–Trinajstić information content (AvgIpc) is 3.24. The molecule has 4 rings (SSSR count). The second kappa shape index (κ2) is 11.0. The van der Waals surface area contributed by atoms with Gasteiger partial charge in [0.25, 0.3) is 0 Å². The number of fused-ring (bicyclic) bond motifs is 1. The fourth-order valence-electron chi connectivity index (χ4n) is 5.01. The fraction of sp³-hybridized carbons (Fsp3) is 0.345. The molecule has 0 saturated carbocycles. The molecule has 0 aromatic heterocycles. The topological polar surface area (TPSA) is 92.7 Å². The summed E-state index contributed by atoms with van der Waals surface area (Å²) in [6.45, 7) is 2.29. The average molecular weight is 509 g/mol. The summed E-state index contributed by atoms with van der Waals surface area (Å²) in [5.74, 6) is 1.30. The van der Waals surface area contributed by atoms with E-state index in [0.29, 0.717) is 40.5 Å². The smallest absolute Gasteiger partial charge is 0.319 e. The van der Waals surface area contributed by atoms with Crippen LogP contribution in [0.2, 0.25) is 0 Å². The zero-order chi connectivity index (χ0) is 26.6. The van der Waals surface area contributed by atoms with E-state index in [1.165, 1.54) is 28.4 Å². The quantitative estimate of drug-likeness (QED) is 0.403. The van der Waals surface area contributed by atoms with Crippen LogP contribution in [-0.2, 0) is 28.0 Å². The molecule has 8 nitrogen and oxygen atoms in total. The molecule has 1 aliphatic carbocycles. The van der Waals surface area contributed by atoms with Gasteiger partial charge in [-0.25, -0.2) is 0 Å². The van der Waals surface area contributed by atoms with Crippen LogP contribution in [0.4, 0.5) is 0 Å². The van der Waals surface area contributed by atoms with Crippen molar-refractivity contribution < 1.29 is 38.3 Å². The van der Waals surface area contributed by atoms with Gasteiger partial charge in [0, 0.05) is 11.1 Å². The third-order valence-electron chi connectivity index (χ3n) is 6.73. The van der Waals surface area contributed by atoms with E-state index < -0.39 is 17.5 Å². The molecule has 0 amide bonds. The summed E-state index contributed by atoms with van der Waals surface area (Å²) in [6, 6.07) is 17.0. The van der Waals surface area contributed by atoms with Crippen molar-refractivity contribution in [3.8, 4) is 28.7 Å². The summed E-state index contributed by atoms with van der Waals surface area (Å²) in [6.07, 6.45) is -1.20. The summed E-state index contributed by atoms with van der Waals surface area (Å²) in [5.41, 5.74) is 1.15. The number of carbonyl (C=O) groups excluding carboxylic acids is 1. The second-order valence-corrected chi connectivity index (χ2v) is 8.60. The number of aliphatic hydroxyl groups is 1. The molecular formula is C29H32O8. The van der Waals surface area contributed by atoms with Crippen molar-refractivity contribution in [2.75, 3.05) is 35.0 Å². The third-order valence-corrected chi connectivity index (χ3v) is 6.73. The highest BCUT2D eigenvalue weighted by Crippen LogP contribution is 2.60. The van der Waals surface area contributed by atoms with E-state index in [1.807, 2.05) is 30.3 Å². The van der Waals surface area contributed by atoms with Gasteiger partial charge in [-0.05, 0) is 36.6 Å². The van der Waals surface area contributed by atoms with Gasteiger partial charge in [0.15, 0.2) is 11.5 Å².